The standard InChI is InChI=1S/C9H14N2OS2/c1-6(2)11-8(12)7(5-10)9(13-3)14-4/h6H,1-4H3,(H,11,12). The second kappa shape index (κ2) is 6.80. The third-order valence-electron chi connectivity index (χ3n) is 1.33. The summed E-state index contributed by atoms with van der Waals surface area (Å²) in [6.07, 6.45) is 3.71. The molecule has 0 radical (unpaired) electrons. The molecule has 1 amide bonds. The van der Waals surface area contributed by atoms with Crippen molar-refractivity contribution < 1.29 is 4.79 Å². The third-order valence-corrected chi connectivity index (χ3v) is 3.48. The van der Waals surface area contributed by atoms with E-state index in [4.69, 9.17) is 5.26 Å². The molecule has 3 nitrogen and oxygen atoms in total. The van der Waals surface area contributed by atoms with Crippen molar-refractivity contribution in [2.75, 3.05) is 12.5 Å². The lowest BCUT2D eigenvalue weighted by Crippen LogP contribution is -2.31. The normalized spacial score (nSPS) is 9.43. The molecule has 0 fully saturated rings. The number of carbonyl (C=O) groups excluding carboxylic acids is 1. The Morgan fingerprint density at radius 2 is 1.86 bits per heavy atom. The van der Waals surface area contributed by atoms with Gasteiger partial charge >= 0.3 is 0 Å². The summed E-state index contributed by atoms with van der Waals surface area (Å²) >= 11 is 2.83. The Bertz CT molecular complexity index is 273. The molecular formula is C9H14N2OS2. The maximum absolute atomic E-state index is 11.5. The van der Waals surface area contributed by atoms with Gasteiger partial charge in [-0.25, -0.2) is 0 Å². The smallest absolute Gasteiger partial charge is 0.263 e. The minimum absolute atomic E-state index is 0.0517. The van der Waals surface area contributed by atoms with E-state index in [9.17, 15) is 4.79 Å². The molecule has 0 heterocycles. The second-order valence-corrected chi connectivity index (χ2v) is 4.70. The number of nitriles is 1. The van der Waals surface area contributed by atoms with Crippen molar-refractivity contribution in [2.45, 2.75) is 19.9 Å². The van der Waals surface area contributed by atoms with Gasteiger partial charge in [-0.05, 0) is 26.4 Å². The summed E-state index contributed by atoms with van der Waals surface area (Å²) in [6, 6.07) is 1.99. The van der Waals surface area contributed by atoms with Crippen molar-refractivity contribution in [2.24, 2.45) is 0 Å². The van der Waals surface area contributed by atoms with Crippen LogP contribution in [0.15, 0.2) is 9.81 Å². The summed E-state index contributed by atoms with van der Waals surface area (Å²) in [5.74, 6) is -0.291. The van der Waals surface area contributed by atoms with Gasteiger partial charge < -0.3 is 5.32 Å². The van der Waals surface area contributed by atoms with Crippen LogP contribution < -0.4 is 5.32 Å². The quantitative estimate of drug-likeness (QED) is 0.592. The molecule has 0 aliphatic carbocycles. The zero-order chi connectivity index (χ0) is 11.1. The average Bonchev–Trinajstić information content (AvgIpc) is 2.12. The predicted molar refractivity (Wildman–Crippen MR) is 62.9 cm³/mol. The molecule has 0 aromatic rings. The zero-order valence-corrected chi connectivity index (χ0v) is 10.4. The first-order valence-electron chi connectivity index (χ1n) is 4.10. The lowest BCUT2D eigenvalue weighted by molar-refractivity contribution is -0.117. The van der Waals surface area contributed by atoms with Crippen LogP contribution in [0.3, 0.4) is 0 Å². The van der Waals surface area contributed by atoms with Gasteiger partial charge in [0.15, 0.2) is 0 Å². The van der Waals surface area contributed by atoms with E-state index < -0.39 is 0 Å². The third kappa shape index (κ3) is 4.07. The number of hydrogen-bond acceptors (Lipinski definition) is 4. The maximum atomic E-state index is 11.5. The van der Waals surface area contributed by atoms with Gasteiger partial charge in [0, 0.05) is 6.04 Å². The molecule has 78 valence electrons. The van der Waals surface area contributed by atoms with Crippen LogP contribution in [0.2, 0.25) is 0 Å². The summed E-state index contributed by atoms with van der Waals surface area (Å²) in [5, 5.41) is 11.5. The lowest BCUT2D eigenvalue weighted by Gasteiger charge is -2.09. The SMILES string of the molecule is CSC(SC)=C(C#N)C(=O)NC(C)C. The van der Waals surface area contributed by atoms with E-state index in [-0.39, 0.29) is 17.5 Å². The minimum atomic E-state index is -0.291. The highest BCUT2D eigenvalue weighted by atomic mass is 32.2. The second-order valence-electron chi connectivity index (χ2n) is 2.81. The van der Waals surface area contributed by atoms with Crippen molar-refractivity contribution in [1.82, 2.24) is 5.32 Å². The molecule has 0 aromatic heterocycles. The van der Waals surface area contributed by atoms with Gasteiger partial charge in [0.2, 0.25) is 0 Å². The minimum Gasteiger partial charge on any atom is -0.349 e. The van der Waals surface area contributed by atoms with E-state index >= 15 is 0 Å². The number of amides is 1. The number of hydrogen-bond donors (Lipinski definition) is 1. The molecule has 5 heteroatoms. The van der Waals surface area contributed by atoms with Crippen LogP contribution in [0.4, 0.5) is 0 Å². The first-order chi connectivity index (χ1) is 6.56. The Hall–Kier alpha value is -0.600. The van der Waals surface area contributed by atoms with Gasteiger partial charge in [0.05, 0.1) is 4.24 Å². The van der Waals surface area contributed by atoms with Crippen LogP contribution in [0, 0.1) is 11.3 Å². The fraction of sp³-hybridized carbons (Fsp3) is 0.556. The van der Waals surface area contributed by atoms with Gasteiger partial charge in [-0.15, -0.1) is 23.5 Å². The number of nitrogens with zero attached hydrogens (tertiary/aromatic N) is 1. The monoisotopic (exact) mass is 230 g/mol. The molecular weight excluding hydrogens is 216 g/mol. The Morgan fingerprint density at radius 1 is 1.36 bits per heavy atom. The van der Waals surface area contributed by atoms with Crippen molar-refractivity contribution in [3.63, 3.8) is 0 Å². The molecule has 0 rings (SSSR count). The highest BCUT2D eigenvalue weighted by Crippen LogP contribution is 2.27. The molecule has 0 atom stereocenters. The molecule has 0 unspecified atom stereocenters. The highest BCUT2D eigenvalue weighted by Gasteiger charge is 2.14. The van der Waals surface area contributed by atoms with Crippen LogP contribution in [-0.2, 0) is 4.79 Å². The largest absolute Gasteiger partial charge is 0.349 e. The van der Waals surface area contributed by atoms with Crippen LogP contribution in [0.5, 0.6) is 0 Å². The Labute approximate surface area is 93.3 Å². The first-order valence-corrected chi connectivity index (χ1v) is 6.55. The Kier molecular flexibility index (Phi) is 6.50. The molecule has 0 saturated carbocycles. The topological polar surface area (TPSA) is 52.9 Å². The van der Waals surface area contributed by atoms with Crippen LogP contribution in [0.25, 0.3) is 0 Å². The van der Waals surface area contributed by atoms with E-state index in [0.29, 0.717) is 0 Å². The average molecular weight is 230 g/mol. The van der Waals surface area contributed by atoms with E-state index in [1.54, 1.807) is 0 Å². The van der Waals surface area contributed by atoms with E-state index in [1.165, 1.54) is 23.5 Å². The highest BCUT2D eigenvalue weighted by molar-refractivity contribution is 8.21. The molecule has 0 aromatic carbocycles. The number of thioether (sulfide) groups is 2. The van der Waals surface area contributed by atoms with Crippen molar-refractivity contribution in [1.29, 1.82) is 5.26 Å². The first kappa shape index (κ1) is 13.4. The van der Waals surface area contributed by atoms with Gasteiger partial charge in [-0.2, -0.15) is 5.26 Å². The lowest BCUT2D eigenvalue weighted by atomic mass is 10.3. The fourth-order valence-corrected chi connectivity index (χ4v) is 2.16. The van der Waals surface area contributed by atoms with Crippen molar-refractivity contribution in [3.8, 4) is 6.07 Å². The van der Waals surface area contributed by atoms with E-state index in [2.05, 4.69) is 5.32 Å². The molecule has 1 N–H and O–H groups in total. The summed E-state index contributed by atoms with van der Waals surface area (Å²) in [6.45, 7) is 3.73. The molecule has 0 saturated heterocycles. The summed E-state index contributed by atoms with van der Waals surface area (Å²) in [5.41, 5.74) is 0.207. The number of rotatable bonds is 4. The number of nitrogens with one attached hydrogen (secondary N) is 1. The summed E-state index contributed by atoms with van der Waals surface area (Å²) in [7, 11) is 0. The predicted octanol–water partition coefficient (Wildman–Crippen LogP) is 1.97. The zero-order valence-electron chi connectivity index (χ0n) is 8.75. The summed E-state index contributed by atoms with van der Waals surface area (Å²) in [4.78, 5) is 11.5. The van der Waals surface area contributed by atoms with Crippen molar-refractivity contribution >= 4 is 29.4 Å². The van der Waals surface area contributed by atoms with E-state index in [0.717, 1.165) is 4.24 Å². The molecule has 0 aliphatic heterocycles. The maximum Gasteiger partial charge on any atom is 0.263 e. The van der Waals surface area contributed by atoms with E-state index in [1.807, 2.05) is 32.4 Å². The van der Waals surface area contributed by atoms with Gasteiger partial charge in [-0.1, -0.05) is 0 Å². The number of carbonyl (C=O) groups is 1. The van der Waals surface area contributed by atoms with Crippen LogP contribution in [0.1, 0.15) is 13.8 Å². The van der Waals surface area contributed by atoms with Crippen LogP contribution >= 0.6 is 23.5 Å². The summed E-state index contributed by atoms with van der Waals surface area (Å²) < 4.78 is 0.755. The molecule has 0 spiro atoms. The molecule has 0 aliphatic rings. The van der Waals surface area contributed by atoms with Crippen molar-refractivity contribution in [3.05, 3.63) is 9.81 Å². The van der Waals surface area contributed by atoms with Crippen LogP contribution in [-0.4, -0.2) is 24.5 Å². The van der Waals surface area contributed by atoms with Gasteiger partial charge in [-0.3, -0.25) is 4.79 Å². The Morgan fingerprint density at radius 3 is 2.14 bits per heavy atom. The van der Waals surface area contributed by atoms with Gasteiger partial charge in [0.25, 0.3) is 5.91 Å². The molecule has 14 heavy (non-hydrogen) atoms. The Balaban J connectivity index is 4.81. The van der Waals surface area contributed by atoms with Gasteiger partial charge in [0.1, 0.15) is 11.6 Å². The molecule has 0 bridgehead atoms. The fourth-order valence-electron chi connectivity index (χ4n) is 0.811.